The number of thiocarbonyl (C=S) groups is 1. The summed E-state index contributed by atoms with van der Waals surface area (Å²) in [6, 6.07) is 0. The highest BCUT2D eigenvalue weighted by Crippen LogP contribution is 2.01. The molecule has 0 aliphatic carbocycles. The number of nitrogens with zero attached hydrogens (tertiary/aromatic N) is 2. The number of anilines is 1. The topological polar surface area (TPSA) is 73.1 Å². The van der Waals surface area contributed by atoms with E-state index in [2.05, 4.69) is 22.2 Å². The zero-order valence-corrected chi connectivity index (χ0v) is 11.5. The van der Waals surface area contributed by atoms with E-state index in [1.54, 1.807) is 12.4 Å². The summed E-state index contributed by atoms with van der Waals surface area (Å²) in [6.07, 6.45) is 6.44. The lowest BCUT2D eigenvalue weighted by Gasteiger charge is -2.06. The largest absolute Gasteiger partial charge is 0.388 e. The number of nitrogens with two attached hydrogens (primary N) is 1. The van der Waals surface area contributed by atoms with Crippen molar-refractivity contribution >= 4 is 23.0 Å². The molecule has 0 bridgehead atoms. The molecule has 0 saturated carbocycles. The van der Waals surface area contributed by atoms with Crippen LogP contribution in [0.2, 0.25) is 0 Å². The van der Waals surface area contributed by atoms with E-state index in [0.29, 0.717) is 5.69 Å². The zero-order valence-electron chi connectivity index (χ0n) is 10.7. The molecule has 1 aromatic heterocycles. The molecule has 0 amide bonds. The minimum absolute atomic E-state index is 0.262. The molecule has 5 nitrogen and oxygen atoms in total. The van der Waals surface area contributed by atoms with Gasteiger partial charge in [-0.15, -0.1) is 0 Å². The van der Waals surface area contributed by atoms with Crippen LogP contribution in [0.3, 0.4) is 0 Å². The van der Waals surface area contributed by atoms with Crippen LogP contribution in [0.4, 0.5) is 5.82 Å². The highest BCUT2D eigenvalue weighted by atomic mass is 32.1. The van der Waals surface area contributed by atoms with Gasteiger partial charge < -0.3 is 15.8 Å². The average Bonchev–Trinajstić information content (AvgIpc) is 2.38. The molecule has 6 heteroatoms. The molecule has 0 atom stereocenters. The Hall–Kier alpha value is -1.27. The van der Waals surface area contributed by atoms with Crippen LogP contribution in [-0.2, 0) is 4.74 Å². The molecule has 0 unspecified atom stereocenters. The second-order valence-corrected chi connectivity index (χ2v) is 4.34. The second kappa shape index (κ2) is 8.77. The van der Waals surface area contributed by atoms with Crippen molar-refractivity contribution in [3.8, 4) is 0 Å². The molecule has 0 saturated heterocycles. The molecular formula is C12H20N4OS. The minimum atomic E-state index is 0.262. The van der Waals surface area contributed by atoms with Gasteiger partial charge in [0.25, 0.3) is 0 Å². The Morgan fingerprint density at radius 2 is 2.11 bits per heavy atom. The van der Waals surface area contributed by atoms with Crippen LogP contribution in [0.1, 0.15) is 31.9 Å². The third kappa shape index (κ3) is 5.88. The summed E-state index contributed by atoms with van der Waals surface area (Å²) in [6.45, 7) is 4.58. The van der Waals surface area contributed by atoms with Crippen LogP contribution in [0, 0.1) is 0 Å². The van der Waals surface area contributed by atoms with Crippen LogP contribution in [0.5, 0.6) is 0 Å². The third-order valence-electron chi connectivity index (χ3n) is 2.32. The Balaban J connectivity index is 2.14. The van der Waals surface area contributed by atoms with Crippen molar-refractivity contribution < 1.29 is 4.74 Å². The van der Waals surface area contributed by atoms with Gasteiger partial charge in [0, 0.05) is 19.8 Å². The lowest BCUT2D eigenvalue weighted by Crippen LogP contribution is -2.13. The highest BCUT2D eigenvalue weighted by Gasteiger charge is 1.99. The molecule has 0 spiro atoms. The SMILES string of the molecule is CCCCOCCCNc1cnc(C(N)=S)cn1. The fourth-order valence-corrected chi connectivity index (χ4v) is 1.39. The monoisotopic (exact) mass is 268 g/mol. The highest BCUT2D eigenvalue weighted by molar-refractivity contribution is 7.80. The Morgan fingerprint density at radius 3 is 2.72 bits per heavy atom. The standard InChI is InChI=1S/C12H20N4OS/c1-2-3-6-17-7-4-5-14-11-9-15-10(8-16-11)12(13)18/h8-9H,2-7H2,1H3,(H2,13,18)(H,14,16). The molecule has 1 heterocycles. The van der Waals surface area contributed by atoms with Crippen molar-refractivity contribution in [3.63, 3.8) is 0 Å². The van der Waals surface area contributed by atoms with Crippen LogP contribution >= 0.6 is 12.2 Å². The van der Waals surface area contributed by atoms with Gasteiger partial charge in [-0.1, -0.05) is 25.6 Å². The van der Waals surface area contributed by atoms with Gasteiger partial charge in [-0.2, -0.15) is 0 Å². The van der Waals surface area contributed by atoms with E-state index < -0.39 is 0 Å². The van der Waals surface area contributed by atoms with Gasteiger partial charge in [0.1, 0.15) is 16.5 Å². The van der Waals surface area contributed by atoms with Gasteiger partial charge >= 0.3 is 0 Å². The Labute approximate surface area is 113 Å². The summed E-state index contributed by atoms with van der Waals surface area (Å²) in [5, 5.41) is 3.16. The number of hydrogen-bond donors (Lipinski definition) is 2. The second-order valence-electron chi connectivity index (χ2n) is 3.90. The maximum atomic E-state index is 5.45. The average molecular weight is 268 g/mol. The predicted octanol–water partition coefficient (Wildman–Crippen LogP) is 1.73. The van der Waals surface area contributed by atoms with E-state index >= 15 is 0 Å². The van der Waals surface area contributed by atoms with E-state index in [1.807, 2.05) is 0 Å². The van der Waals surface area contributed by atoms with Crippen LogP contribution in [0.25, 0.3) is 0 Å². The first-order valence-corrected chi connectivity index (χ1v) is 6.58. The molecule has 100 valence electrons. The maximum absolute atomic E-state index is 5.45. The van der Waals surface area contributed by atoms with Crippen molar-refractivity contribution in [1.82, 2.24) is 9.97 Å². The molecule has 0 fully saturated rings. The quantitative estimate of drug-likeness (QED) is 0.525. The summed E-state index contributed by atoms with van der Waals surface area (Å²) in [4.78, 5) is 8.52. The lowest BCUT2D eigenvalue weighted by atomic mass is 10.3. The first kappa shape index (κ1) is 14.8. The number of aromatic nitrogens is 2. The van der Waals surface area contributed by atoms with Crippen molar-refractivity contribution in [3.05, 3.63) is 18.1 Å². The van der Waals surface area contributed by atoms with Gasteiger partial charge in [0.2, 0.25) is 0 Å². The van der Waals surface area contributed by atoms with Gasteiger partial charge in [0.15, 0.2) is 0 Å². The van der Waals surface area contributed by atoms with E-state index in [4.69, 9.17) is 22.7 Å². The Kier molecular flexibility index (Phi) is 7.20. The maximum Gasteiger partial charge on any atom is 0.144 e. The Bertz CT molecular complexity index is 356. The summed E-state index contributed by atoms with van der Waals surface area (Å²) in [5.74, 6) is 0.726. The molecule has 3 N–H and O–H groups in total. The molecule has 0 radical (unpaired) electrons. The van der Waals surface area contributed by atoms with E-state index in [9.17, 15) is 0 Å². The molecule has 0 aliphatic rings. The fraction of sp³-hybridized carbons (Fsp3) is 0.583. The molecular weight excluding hydrogens is 248 g/mol. The summed E-state index contributed by atoms with van der Waals surface area (Å²) in [5.41, 5.74) is 5.98. The van der Waals surface area contributed by atoms with E-state index in [-0.39, 0.29) is 4.99 Å². The van der Waals surface area contributed by atoms with Crippen molar-refractivity contribution in [2.75, 3.05) is 25.1 Å². The van der Waals surface area contributed by atoms with Crippen LogP contribution in [-0.4, -0.2) is 34.7 Å². The number of nitrogens with one attached hydrogen (secondary N) is 1. The molecule has 18 heavy (non-hydrogen) atoms. The van der Waals surface area contributed by atoms with Gasteiger partial charge in [-0.3, -0.25) is 0 Å². The normalized spacial score (nSPS) is 10.3. The first-order valence-electron chi connectivity index (χ1n) is 6.17. The minimum Gasteiger partial charge on any atom is -0.388 e. The summed E-state index contributed by atoms with van der Waals surface area (Å²) < 4.78 is 5.45. The number of unbranched alkanes of at least 4 members (excludes halogenated alkanes) is 1. The summed E-state index contributed by atoms with van der Waals surface area (Å²) >= 11 is 4.80. The van der Waals surface area contributed by atoms with Crippen molar-refractivity contribution in [2.45, 2.75) is 26.2 Å². The number of rotatable bonds is 9. The smallest absolute Gasteiger partial charge is 0.144 e. The van der Waals surface area contributed by atoms with E-state index in [1.165, 1.54) is 6.42 Å². The van der Waals surface area contributed by atoms with Crippen molar-refractivity contribution in [2.24, 2.45) is 5.73 Å². The van der Waals surface area contributed by atoms with Crippen LogP contribution in [0.15, 0.2) is 12.4 Å². The van der Waals surface area contributed by atoms with E-state index in [0.717, 1.165) is 38.4 Å². The first-order chi connectivity index (χ1) is 8.74. The zero-order chi connectivity index (χ0) is 13.2. The summed E-state index contributed by atoms with van der Waals surface area (Å²) in [7, 11) is 0. The van der Waals surface area contributed by atoms with Gasteiger partial charge in [0.05, 0.1) is 12.4 Å². The molecule has 1 aromatic rings. The fourth-order valence-electron chi connectivity index (χ4n) is 1.29. The third-order valence-corrected chi connectivity index (χ3v) is 2.53. The van der Waals surface area contributed by atoms with Crippen LogP contribution < -0.4 is 11.1 Å². The van der Waals surface area contributed by atoms with Crippen molar-refractivity contribution in [1.29, 1.82) is 0 Å². The lowest BCUT2D eigenvalue weighted by molar-refractivity contribution is 0.131. The molecule has 0 aromatic carbocycles. The number of ether oxygens (including phenoxy) is 1. The van der Waals surface area contributed by atoms with Gasteiger partial charge in [-0.25, -0.2) is 9.97 Å². The number of hydrogen-bond acceptors (Lipinski definition) is 5. The molecule has 0 aliphatic heterocycles. The molecule has 1 rings (SSSR count). The predicted molar refractivity (Wildman–Crippen MR) is 76.8 cm³/mol. The Morgan fingerprint density at radius 1 is 1.33 bits per heavy atom. The van der Waals surface area contributed by atoms with Gasteiger partial charge in [-0.05, 0) is 12.8 Å².